The molecule has 0 saturated heterocycles. The van der Waals surface area contributed by atoms with Crippen LogP contribution in [0.5, 0.6) is 0 Å². The van der Waals surface area contributed by atoms with Crippen LogP contribution in [0.1, 0.15) is 33.4 Å². The Morgan fingerprint density at radius 1 is 0.358 bits per heavy atom. The summed E-state index contributed by atoms with van der Waals surface area (Å²) >= 11 is 0. The molecule has 0 radical (unpaired) electrons. The smallest absolute Gasteiger partial charge is 0.307 e. The molecule has 6 aromatic carbocycles. The van der Waals surface area contributed by atoms with Gasteiger partial charge in [0.15, 0.2) is 0 Å². The second-order valence-corrected chi connectivity index (χ2v) is 15.7. The average Bonchev–Trinajstić information content (AvgIpc) is 3.14. The molecule has 53 heavy (non-hydrogen) atoms. The van der Waals surface area contributed by atoms with Crippen LogP contribution in [0.3, 0.4) is 0 Å². The van der Waals surface area contributed by atoms with Gasteiger partial charge in [-0.15, -0.1) is 0 Å². The maximum Gasteiger partial charge on any atom is 0.333 e. The van der Waals surface area contributed by atoms with E-state index >= 15 is 0 Å². The monoisotopic (exact) mass is 744 g/mol. The summed E-state index contributed by atoms with van der Waals surface area (Å²) in [5, 5.41) is 5.10. The van der Waals surface area contributed by atoms with Gasteiger partial charge in [-0.3, -0.25) is 0 Å². The van der Waals surface area contributed by atoms with Gasteiger partial charge in [0.05, 0.1) is 9.79 Å². The highest BCUT2D eigenvalue weighted by atomic mass is 32.2. The highest BCUT2D eigenvalue weighted by Gasteiger charge is 2.19. The van der Waals surface area contributed by atoms with E-state index in [0.29, 0.717) is 30.6 Å². The molecule has 6 rings (SSSR count). The van der Waals surface area contributed by atoms with Crippen LogP contribution < -0.4 is 20.1 Å². The van der Waals surface area contributed by atoms with Crippen molar-refractivity contribution in [3.05, 3.63) is 191 Å². The van der Waals surface area contributed by atoms with Crippen LogP contribution in [-0.4, -0.2) is 28.9 Å². The van der Waals surface area contributed by atoms with Crippen LogP contribution >= 0.6 is 0 Å². The molecule has 0 heterocycles. The molecule has 0 unspecified atom stereocenters. The summed E-state index contributed by atoms with van der Waals surface area (Å²) in [6.45, 7) is 0. The van der Waals surface area contributed by atoms with Crippen molar-refractivity contribution >= 4 is 43.5 Å². The summed E-state index contributed by atoms with van der Waals surface area (Å²) in [5.41, 5.74) is 6.74. The SMILES string of the molecule is O=C(Nc1ccc(Cc2ccc(NC(=O)NS(=O)(=O)c3ccc(Cc4ccccc4)cc3)cc2)cc1)NS(=O)(=O)c1ccc(Cc2ccccc2)cc1. The Balaban J connectivity index is 0.960. The van der Waals surface area contributed by atoms with E-state index in [4.69, 9.17) is 0 Å². The van der Waals surface area contributed by atoms with E-state index < -0.39 is 32.1 Å². The fraction of sp³-hybridized carbons (Fsp3) is 0.0732. The van der Waals surface area contributed by atoms with Crippen molar-refractivity contribution in [1.82, 2.24) is 9.44 Å². The third-order valence-corrected chi connectivity index (χ3v) is 10.9. The highest BCUT2D eigenvalue weighted by Crippen LogP contribution is 2.19. The van der Waals surface area contributed by atoms with E-state index in [1.165, 1.54) is 24.3 Å². The first-order chi connectivity index (χ1) is 25.5. The molecule has 0 atom stereocenters. The van der Waals surface area contributed by atoms with Gasteiger partial charge in [0.25, 0.3) is 20.0 Å². The first-order valence-electron chi connectivity index (χ1n) is 16.6. The standard InChI is InChI=1S/C41H36N4O6S2/c46-40(44-52(48,49)38-23-15-34(16-24-38)27-30-7-3-1-4-8-30)42-36-19-11-32(12-20-36)29-33-13-21-37(22-14-33)43-41(47)45-53(50,51)39-25-17-35(18-26-39)28-31-9-5-2-6-10-31/h1-26H,27-29H2,(H2,42,44,46)(H2,43,45,47). The maximum atomic E-state index is 12.8. The van der Waals surface area contributed by atoms with Crippen LogP contribution in [0.25, 0.3) is 0 Å². The lowest BCUT2D eigenvalue weighted by atomic mass is 10.0. The zero-order valence-corrected chi connectivity index (χ0v) is 30.0. The van der Waals surface area contributed by atoms with Gasteiger partial charge in [-0.1, -0.05) is 109 Å². The third kappa shape index (κ3) is 10.4. The van der Waals surface area contributed by atoms with Crippen molar-refractivity contribution in [2.45, 2.75) is 29.1 Å². The molecule has 0 bridgehead atoms. The minimum Gasteiger partial charge on any atom is -0.307 e. The normalized spacial score (nSPS) is 11.3. The topological polar surface area (TPSA) is 151 Å². The summed E-state index contributed by atoms with van der Waals surface area (Å²) < 4.78 is 55.3. The molecule has 0 aliphatic heterocycles. The average molecular weight is 745 g/mol. The molecule has 10 nitrogen and oxygen atoms in total. The van der Waals surface area contributed by atoms with Crippen LogP contribution in [0.2, 0.25) is 0 Å². The van der Waals surface area contributed by atoms with Crippen LogP contribution in [-0.2, 0) is 39.3 Å². The molecule has 0 aromatic heterocycles. The number of rotatable bonds is 12. The van der Waals surface area contributed by atoms with Gasteiger partial charge >= 0.3 is 12.1 Å². The number of nitrogens with one attached hydrogen (secondary N) is 4. The Morgan fingerprint density at radius 3 is 0.925 bits per heavy atom. The lowest BCUT2D eigenvalue weighted by Crippen LogP contribution is -2.34. The number of carbonyl (C=O) groups is 2. The van der Waals surface area contributed by atoms with Gasteiger partial charge in [0.2, 0.25) is 0 Å². The highest BCUT2D eigenvalue weighted by molar-refractivity contribution is 7.90. The number of hydrogen-bond acceptors (Lipinski definition) is 6. The summed E-state index contributed by atoms with van der Waals surface area (Å²) in [5.74, 6) is 0. The van der Waals surface area contributed by atoms with Gasteiger partial charge in [-0.2, -0.15) is 0 Å². The minimum absolute atomic E-state index is 0.0211. The minimum atomic E-state index is -4.08. The first-order valence-corrected chi connectivity index (χ1v) is 19.6. The zero-order valence-electron chi connectivity index (χ0n) is 28.4. The predicted molar refractivity (Wildman–Crippen MR) is 206 cm³/mol. The summed E-state index contributed by atoms with van der Waals surface area (Å²) in [6.07, 6.45) is 1.85. The maximum absolute atomic E-state index is 12.8. The Hall–Kier alpha value is -6.24. The van der Waals surface area contributed by atoms with E-state index in [-0.39, 0.29) is 9.79 Å². The van der Waals surface area contributed by atoms with Crippen LogP contribution in [0.4, 0.5) is 21.0 Å². The fourth-order valence-electron chi connectivity index (χ4n) is 5.56. The Labute approximate surface area is 309 Å². The second-order valence-electron chi connectivity index (χ2n) is 12.3. The van der Waals surface area contributed by atoms with Crippen molar-refractivity contribution in [2.75, 3.05) is 10.6 Å². The largest absolute Gasteiger partial charge is 0.333 e. The molecule has 0 fully saturated rings. The zero-order chi connectivity index (χ0) is 37.3. The quantitative estimate of drug-likeness (QED) is 0.102. The number of carbonyl (C=O) groups excluding carboxylic acids is 2. The number of hydrogen-bond donors (Lipinski definition) is 4. The van der Waals surface area contributed by atoms with E-state index in [9.17, 15) is 26.4 Å². The van der Waals surface area contributed by atoms with Gasteiger partial charge in [-0.25, -0.2) is 35.9 Å². The third-order valence-electron chi connectivity index (χ3n) is 8.26. The van der Waals surface area contributed by atoms with Gasteiger partial charge in [0, 0.05) is 11.4 Å². The Bertz CT molecular complexity index is 2220. The van der Waals surface area contributed by atoms with E-state index in [1.54, 1.807) is 72.8 Å². The molecule has 0 aliphatic carbocycles. The molecular formula is C41H36N4O6S2. The fourth-order valence-corrected chi connectivity index (χ4v) is 7.37. The van der Waals surface area contributed by atoms with E-state index in [0.717, 1.165) is 33.4 Å². The Morgan fingerprint density at radius 2 is 0.623 bits per heavy atom. The predicted octanol–water partition coefficient (Wildman–Crippen LogP) is 7.48. The van der Waals surface area contributed by atoms with Crippen LogP contribution in [0, 0.1) is 0 Å². The Kier molecular flexibility index (Phi) is 11.3. The molecule has 6 aromatic rings. The summed E-state index contributed by atoms with van der Waals surface area (Å²) in [6, 6.07) is 44.5. The molecule has 268 valence electrons. The van der Waals surface area contributed by atoms with Crippen molar-refractivity contribution in [3.63, 3.8) is 0 Å². The van der Waals surface area contributed by atoms with Crippen molar-refractivity contribution < 1.29 is 26.4 Å². The lowest BCUT2D eigenvalue weighted by Gasteiger charge is -2.11. The number of benzene rings is 6. The van der Waals surface area contributed by atoms with E-state index in [2.05, 4.69) is 10.6 Å². The number of amides is 4. The number of anilines is 2. The summed E-state index contributed by atoms with van der Waals surface area (Å²) in [4.78, 5) is 25.0. The lowest BCUT2D eigenvalue weighted by molar-refractivity contribution is 0.255. The molecule has 0 spiro atoms. The number of sulfonamides is 2. The van der Waals surface area contributed by atoms with Gasteiger partial charge < -0.3 is 10.6 Å². The molecule has 0 aliphatic rings. The van der Waals surface area contributed by atoms with Crippen molar-refractivity contribution in [2.24, 2.45) is 0 Å². The molecule has 12 heteroatoms. The molecule has 0 saturated carbocycles. The second kappa shape index (κ2) is 16.4. The van der Waals surface area contributed by atoms with Crippen molar-refractivity contribution in [3.8, 4) is 0 Å². The van der Waals surface area contributed by atoms with Gasteiger partial charge in [-0.05, 0) is 101 Å². The molecule has 4 N–H and O–H groups in total. The van der Waals surface area contributed by atoms with Crippen molar-refractivity contribution in [1.29, 1.82) is 0 Å². The number of urea groups is 2. The van der Waals surface area contributed by atoms with E-state index in [1.807, 2.05) is 70.1 Å². The first kappa shape index (κ1) is 36.5. The molecule has 4 amide bonds. The summed E-state index contributed by atoms with van der Waals surface area (Å²) in [7, 11) is -8.17. The van der Waals surface area contributed by atoms with Gasteiger partial charge in [0.1, 0.15) is 0 Å². The van der Waals surface area contributed by atoms with Crippen LogP contribution in [0.15, 0.2) is 168 Å². The molecular weight excluding hydrogens is 709 g/mol.